The number of hydrogen-bond donors (Lipinski definition) is 0. The smallest absolute Gasteiger partial charge is 0.160 e. The summed E-state index contributed by atoms with van der Waals surface area (Å²) in [6.45, 7) is 4.49. The fourth-order valence-corrected chi connectivity index (χ4v) is 9.17. The van der Waals surface area contributed by atoms with Gasteiger partial charge in [0.15, 0.2) is 5.82 Å². The predicted molar refractivity (Wildman–Crippen MR) is 268 cm³/mol. The van der Waals surface area contributed by atoms with Crippen molar-refractivity contribution in [1.29, 1.82) is 0 Å². The van der Waals surface area contributed by atoms with Crippen molar-refractivity contribution in [2.75, 3.05) is 4.90 Å². The number of nitrogens with zero attached hydrogens (tertiary/aromatic N) is 4. The van der Waals surface area contributed by atoms with E-state index in [2.05, 4.69) is 217 Å². The first-order chi connectivity index (χ1) is 31.6. The van der Waals surface area contributed by atoms with Gasteiger partial charge in [-0.05, 0) is 114 Å². The molecular weight excluding hydrogens is 777 g/mol. The van der Waals surface area contributed by atoms with Crippen LogP contribution < -0.4 is 4.90 Å². The molecule has 0 aliphatic heterocycles. The number of fused-ring (bicyclic) bond motifs is 3. The van der Waals surface area contributed by atoms with Crippen LogP contribution in [0.5, 0.6) is 0 Å². The summed E-state index contributed by atoms with van der Waals surface area (Å²) in [5.74, 6) is 0.717. The summed E-state index contributed by atoms with van der Waals surface area (Å²) >= 11 is 0. The topological polar surface area (TPSA) is 34.0 Å². The van der Waals surface area contributed by atoms with Crippen molar-refractivity contribution in [2.45, 2.75) is 13.8 Å². The van der Waals surface area contributed by atoms with Gasteiger partial charge in [-0.15, -0.1) is 0 Å². The van der Waals surface area contributed by atoms with Crippen LogP contribution in [-0.4, -0.2) is 14.5 Å². The molecule has 0 saturated carbocycles. The van der Waals surface area contributed by atoms with Crippen LogP contribution in [0.25, 0.3) is 83.6 Å². The van der Waals surface area contributed by atoms with Gasteiger partial charge >= 0.3 is 0 Å². The predicted octanol–water partition coefficient (Wildman–Crippen LogP) is 16.0. The maximum Gasteiger partial charge on any atom is 0.160 e. The Balaban J connectivity index is 0.903. The second kappa shape index (κ2) is 16.5. The molecule has 4 heteroatoms. The van der Waals surface area contributed by atoms with E-state index in [4.69, 9.17) is 9.97 Å². The molecule has 0 N–H and O–H groups in total. The molecule has 0 unspecified atom stereocenters. The molecule has 0 fully saturated rings. The number of anilines is 3. The van der Waals surface area contributed by atoms with Crippen molar-refractivity contribution < 1.29 is 0 Å². The summed E-state index contributed by atoms with van der Waals surface area (Å²) in [6.07, 6.45) is 0. The molecule has 0 aliphatic rings. The van der Waals surface area contributed by atoms with Gasteiger partial charge in [0.25, 0.3) is 0 Å². The number of hydrogen-bond acceptors (Lipinski definition) is 3. The summed E-state index contributed by atoms with van der Waals surface area (Å²) in [6, 6.07) is 81.8. The van der Waals surface area contributed by atoms with Gasteiger partial charge in [0.1, 0.15) is 0 Å². The lowest BCUT2D eigenvalue weighted by atomic mass is 9.96. The van der Waals surface area contributed by atoms with Crippen LogP contribution in [0.15, 0.2) is 231 Å². The van der Waals surface area contributed by atoms with Gasteiger partial charge in [0.05, 0.1) is 28.1 Å². The third kappa shape index (κ3) is 7.21. The lowest BCUT2D eigenvalue weighted by Gasteiger charge is -2.25. The molecule has 64 heavy (non-hydrogen) atoms. The van der Waals surface area contributed by atoms with Gasteiger partial charge in [-0.3, -0.25) is 0 Å². The Morgan fingerprint density at radius 2 is 0.766 bits per heavy atom. The van der Waals surface area contributed by atoms with Crippen molar-refractivity contribution in [2.24, 2.45) is 0 Å². The maximum absolute atomic E-state index is 5.03. The summed E-state index contributed by atoms with van der Waals surface area (Å²) in [5.41, 5.74) is 19.1. The Kier molecular flexibility index (Phi) is 9.95. The highest BCUT2D eigenvalue weighted by Gasteiger charge is 2.20. The molecule has 9 aromatic carbocycles. The van der Waals surface area contributed by atoms with Crippen LogP contribution in [0.1, 0.15) is 11.1 Å². The van der Waals surface area contributed by atoms with Crippen molar-refractivity contribution in [3.8, 4) is 61.8 Å². The average molecular weight is 821 g/mol. The zero-order valence-electron chi connectivity index (χ0n) is 35.7. The SMILES string of the molecule is Cc1cc(-c2ccc(-c3ccc(-c4cc(-c5ccccc5)nc(-c5ccccc5)n4)cc3)cc2)cc(C)c1-n1c2ccccc2c2cc(N(c3ccccc3)c3ccccc3)ccc21. The highest BCUT2D eigenvalue weighted by atomic mass is 15.1. The van der Waals surface area contributed by atoms with E-state index in [1.54, 1.807) is 0 Å². The molecule has 2 heterocycles. The molecule has 0 amide bonds. The molecular formula is C60H44N4. The van der Waals surface area contributed by atoms with E-state index in [9.17, 15) is 0 Å². The standard InChI is InChI=1S/C60H44N4/c1-41-37-49(45-29-27-43(28-30-45)44-31-33-47(34-32-44)56-40-55(46-17-7-3-8-18-46)61-60(62-56)48-19-9-4-10-20-48)38-42(2)59(41)64-57-26-16-15-25-53(57)54-39-52(35-36-58(54)64)63(50-21-11-5-12-22-50)51-23-13-6-14-24-51/h3-40H,1-2H3. The molecule has 0 saturated heterocycles. The van der Waals surface area contributed by atoms with E-state index in [0.29, 0.717) is 5.82 Å². The van der Waals surface area contributed by atoms with Gasteiger partial charge in [-0.25, -0.2) is 9.97 Å². The Hall–Kier alpha value is -8.34. The highest BCUT2D eigenvalue weighted by molar-refractivity contribution is 6.11. The van der Waals surface area contributed by atoms with Gasteiger partial charge in [0, 0.05) is 44.5 Å². The van der Waals surface area contributed by atoms with Crippen LogP contribution in [0.2, 0.25) is 0 Å². The van der Waals surface area contributed by atoms with Crippen LogP contribution in [0.3, 0.4) is 0 Å². The molecule has 4 nitrogen and oxygen atoms in total. The van der Waals surface area contributed by atoms with Crippen molar-refractivity contribution >= 4 is 38.9 Å². The molecule has 0 spiro atoms. The van der Waals surface area contributed by atoms with E-state index < -0.39 is 0 Å². The Labute approximate surface area is 374 Å². The number of benzene rings is 9. The quantitative estimate of drug-likeness (QED) is 0.145. The first kappa shape index (κ1) is 38.6. The summed E-state index contributed by atoms with van der Waals surface area (Å²) < 4.78 is 2.46. The van der Waals surface area contributed by atoms with Crippen molar-refractivity contribution in [3.63, 3.8) is 0 Å². The third-order valence-electron chi connectivity index (χ3n) is 12.2. The first-order valence-electron chi connectivity index (χ1n) is 21.8. The maximum atomic E-state index is 5.03. The lowest BCUT2D eigenvalue weighted by molar-refractivity contribution is 1.12. The molecule has 0 bridgehead atoms. The van der Waals surface area contributed by atoms with E-state index >= 15 is 0 Å². The number of rotatable bonds is 9. The largest absolute Gasteiger partial charge is 0.310 e. The number of aryl methyl sites for hydroxylation is 2. The fraction of sp³-hybridized carbons (Fsp3) is 0.0333. The molecule has 0 radical (unpaired) electrons. The van der Waals surface area contributed by atoms with Crippen LogP contribution in [0.4, 0.5) is 17.1 Å². The van der Waals surface area contributed by atoms with Gasteiger partial charge < -0.3 is 9.47 Å². The summed E-state index contributed by atoms with van der Waals surface area (Å²) in [4.78, 5) is 12.3. The Morgan fingerprint density at radius 3 is 1.33 bits per heavy atom. The summed E-state index contributed by atoms with van der Waals surface area (Å²) in [5, 5.41) is 2.46. The number of aromatic nitrogens is 3. The Morgan fingerprint density at radius 1 is 0.328 bits per heavy atom. The second-order valence-corrected chi connectivity index (χ2v) is 16.4. The molecule has 0 aliphatic carbocycles. The molecule has 2 aromatic heterocycles. The van der Waals surface area contributed by atoms with E-state index in [1.807, 2.05) is 36.4 Å². The van der Waals surface area contributed by atoms with E-state index in [-0.39, 0.29) is 0 Å². The molecule has 304 valence electrons. The number of para-hydroxylation sites is 3. The minimum absolute atomic E-state index is 0.717. The molecule has 11 rings (SSSR count). The van der Waals surface area contributed by atoms with Crippen molar-refractivity contribution in [3.05, 3.63) is 242 Å². The van der Waals surface area contributed by atoms with Gasteiger partial charge in [-0.1, -0.05) is 164 Å². The zero-order chi connectivity index (χ0) is 43.0. The fourth-order valence-electron chi connectivity index (χ4n) is 9.17. The lowest BCUT2D eigenvalue weighted by Crippen LogP contribution is -2.09. The van der Waals surface area contributed by atoms with Crippen LogP contribution >= 0.6 is 0 Å². The monoisotopic (exact) mass is 820 g/mol. The highest BCUT2D eigenvalue weighted by Crippen LogP contribution is 2.41. The first-order valence-corrected chi connectivity index (χ1v) is 21.8. The van der Waals surface area contributed by atoms with E-state index in [1.165, 1.54) is 55.3 Å². The van der Waals surface area contributed by atoms with Crippen LogP contribution in [-0.2, 0) is 0 Å². The second-order valence-electron chi connectivity index (χ2n) is 16.4. The molecule has 11 aromatic rings. The normalized spacial score (nSPS) is 11.3. The van der Waals surface area contributed by atoms with Gasteiger partial charge in [-0.2, -0.15) is 0 Å². The average Bonchev–Trinajstić information content (AvgIpc) is 3.68. The Bertz CT molecular complexity index is 3290. The van der Waals surface area contributed by atoms with Crippen LogP contribution in [0, 0.1) is 13.8 Å². The van der Waals surface area contributed by atoms with Crippen molar-refractivity contribution in [1.82, 2.24) is 14.5 Å². The summed E-state index contributed by atoms with van der Waals surface area (Å²) in [7, 11) is 0. The molecule has 0 atom stereocenters. The third-order valence-corrected chi connectivity index (χ3v) is 12.2. The van der Waals surface area contributed by atoms with E-state index in [0.717, 1.165) is 50.7 Å². The van der Waals surface area contributed by atoms with Gasteiger partial charge in [0.2, 0.25) is 0 Å². The zero-order valence-corrected chi connectivity index (χ0v) is 35.7. The minimum atomic E-state index is 0.717. The minimum Gasteiger partial charge on any atom is -0.310 e.